The molecule has 4 saturated heterocycles. The number of likely N-dealkylation sites (N-methyl/N-ethyl adjacent to an activating group) is 2. The van der Waals surface area contributed by atoms with Crippen molar-refractivity contribution >= 4 is 76.0 Å². The van der Waals surface area contributed by atoms with E-state index in [9.17, 15) is 33.9 Å². The number of aliphatic imine (C=N–C) groups is 1. The molecule has 0 spiro atoms. The first kappa shape index (κ1) is 58.5. The Kier molecular flexibility index (Phi) is 18.9. The van der Waals surface area contributed by atoms with Gasteiger partial charge in [0.1, 0.15) is 24.2 Å². The van der Waals surface area contributed by atoms with Crippen molar-refractivity contribution in [2.75, 3.05) is 38.8 Å². The summed E-state index contributed by atoms with van der Waals surface area (Å²) in [7, 11) is 3.16. The molecule has 6 amide bonds. The fourth-order valence-electron chi connectivity index (χ4n) is 11.0. The van der Waals surface area contributed by atoms with Crippen molar-refractivity contribution in [3.05, 3.63) is 119 Å². The van der Waals surface area contributed by atoms with E-state index in [1.165, 1.54) is 14.0 Å². The standard InChI is InChI=1S/C59H76N8O9S2/c1-36(60-7)51(68)63-44-23-25-77-47-29-57(2,3)49(66(47)54(44)71)52(69)62-31-43(39-15-11-9-12-16-39)34-75-32-37-19-21-42-28-38(20-22-41(42)27-37)33-76-35-46(40-17-13-10-14-18-40)64-53(70)50-58(4,5)30-48-67(50)55(72)45(24-26-78-48)65-56(73)59(6,74)61-8/h9-22,27-28,31,36,43-50,60-61,74H,23-26,29-30,32-35H2,1-8H3,(H,63,68)(H,64,70)(H,65,73)/b62-31+/t36-,43?,44-,45-,46+,47-,48-,49+,50+,59?/m0/s1. The summed E-state index contributed by atoms with van der Waals surface area (Å²) in [6.45, 7) is 12.1. The van der Waals surface area contributed by atoms with E-state index in [2.05, 4.69) is 43.7 Å². The average Bonchev–Trinajstić information content (AvgIpc) is 3.78. The van der Waals surface area contributed by atoms with Gasteiger partial charge in [-0.3, -0.25) is 34.1 Å². The molecule has 2 unspecified atom stereocenters. The minimum absolute atomic E-state index is 0.165. The van der Waals surface area contributed by atoms with Gasteiger partial charge in [-0.1, -0.05) is 113 Å². The van der Waals surface area contributed by atoms with Crippen LogP contribution >= 0.6 is 23.5 Å². The number of carbonyl (C=O) groups is 6. The number of hydrogen-bond acceptors (Lipinski definition) is 13. The predicted molar refractivity (Wildman–Crippen MR) is 305 cm³/mol. The third-order valence-electron chi connectivity index (χ3n) is 15.7. The van der Waals surface area contributed by atoms with Crippen LogP contribution in [0.15, 0.2) is 102 Å². The smallest absolute Gasteiger partial charge is 0.268 e. The van der Waals surface area contributed by atoms with Crippen LogP contribution in [0.5, 0.6) is 0 Å². The highest BCUT2D eigenvalue weighted by atomic mass is 32.2. The Morgan fingerprint density at radius 2 is 1.26 bits per heavy atom. The van der Waals surface area contributed by atoms with Gasteiger partial charge in [-0.2, -0.15) is 0 Å². The van der Waals surface area contributed by atoms with Gasteiger partial charge < -0.3 is 45.6 Å². The number of nitrogens with zero attached hydrogens (tertiary/aromatic N) is 3. The SMILES string of the molecule is CN[C@@H](C)C(=O)N[C@H]1CCS[C@H]2CC(C)(C)[C@@H](C(=O)/N=C/C(COCc3ccc4cc(COC[C@@H](NC(=O)[C@H]5N6C(=O)[C@@H](NC(=O)C(C)(O)NC)CCS[C@H]6CC5(C)C)c5ccccc5)ccc4c3)c3ccccc3)N2C1=O. The quantitative estimate of drug-likeness (QED) is 0.0456. The molecule has 0 bridgehead atoms. The van der Waals surface area contributed by atoms with Crippen molar-refractivity contribution in [2.24, 2.45) is 15.8 Å². The lowest BCUT2D eigenvalue weighted by atomic mass is 9.83. The van der Waals surface area contributed by atoms with Crippen molar-refractivity contribution < 1.29 is 43.3 Å². The van der Waals surface area contributed by atoms with Gasteiger partial charge in [-0.25, -0.2) is 4.99 Å². The molecule has 0 radical (unpaired) electrons. The van der Waals surface area contributed by atoms with Crippen LogP contribution in [0.2, 0.25) is 0 Å². The number of amides is 6. The largest absolute Gasteiger partial charge is 0.376 e. The fraction of sp³-hybridized carbons (Fsp3) is 0.508. The molecule has 6 N–H and O–H groups in total. The van der Waals surface area contributed by atoms with Crippen molar-refractivity contribution in [3.63, 3.8) is 0 Å². The lowest BCUT2D eigenvalue weighted by Gasteiger charge is -2.35. The zero-order valence-electron chi connectivity index (χ0n) is 46.0. The van der Waals surface area contributed by atoms with Crippen molar-refractivity contribution in [2.45, 2.75) is 139 Å². The molecule has 19 heteroatoms. The lowest BCUT2D eigenvalue weighted by Crippen LogP contribution is -2.61. The molecule has 4 fully saturated rings. The van der Waals surface area contributed by atoms with Gasteiger partial charge in [0, 0.05) is 12.1 Å². The molecule has 10 atom stereocenters. The molecule has 4 heterocycles. The van der Waals surface area contributed by atoms with Gasteiger partial charge in [-0.05, 0) is 121 Å². The Labute approximate surface area is 466 Å². The predicted octanol–water partition coefficient (Wildman–Crippen LogP) is 5.80. The number of benzene rings is 4. The molecule has 4 aromatic rings. The third-order valence-corrected chi connectivity index (χ3v) is 18.2. The summed E-state index contributed by atoms with van der Waals surface area (Å²) in [6.07, 6.45) is 3.73. The van der Waals surface area contributed by atoms with Crippen LogP contribution in [0.4, 0.5) is 0 Å². The second kappa shape index (κ2) is 25.2. The molecule has 418 valence electrons. The zero-order valence-corrected chi connectivity index (χ0v) is 47.6. The van der Waals surface area contributed by atoms with Crippen LogP contribution in [-0.4, -0.2) is 142 Å². The van der Waals surface area contributed by atoms with E-state index in [4.69, 9.17) is 9.47 Å². The van der Waals surface area contributed by atoms with Gasteiger partial charge in [0.25, 0.3) is 11.8 Å². The maximum atomic E-state index is 14.5. The Morgan fingerprint density at radius 1 is 0.744 bits per heavy atom. The molecular weight excluding hydrogens is 1030 g/mol. The highest BCUT2D eigenvalue weighted by Gasteiger charge is 2.56. The summed E-state index contributed by atoms with van der Waals surface area (Å²) < 4.78 is 12.7. The van der Waals surface area contributed by atoms with E-state index in [-0.39, 0.29) is 60.1 Å². The minimum Gasteiger partial charge on any atom is -0.376 e. The Morgan fingerprint density at radius 3 is 1.81 bits per heavy atom. The number of carbonyl (C=O) groups excluding carboxylic acids is 6. The number of aliphatic hydroxyl groups is 1. The van der Waals surface area contributed by atoms with Crippen LogP contribution in [-0.2, 0) is 51.5 Å². The summed E-state index contributed by atoms with van der Waals surface area (Å²) >= 11 is 3.25. The summed E-state index contributed by atoms with van der Waals surface area (Å²) in [5.41, 5.74) is 0.719. The second-order valence-electron chi connectivity index (χ2n) is 22.5. The first-order valence-electron chi connectivity index (χ1n) is 26.9. The second-order valence-corrected chi connectivity index (χ2v) is 25.1. The van der Waals surface area contributed by atoms with Crippen LogP contribution < -0.4 is 26.6 Å². The number of nitrogens with one attached hydrogen (secondary N) is 5. The topological polar surface area (TPSA) is 220 Å². The molecule has 8 rings (SSSR count). The normalized spacial score (nSPS) is 24.8. The van der Waals surface area contributed by atoms with Gasteiger partial charge in [0.2, 0.25) is 23.6 Å². The molecule has 0 aromatic heterocycles. The van der Waals surface area contributed by atoms with Crippen molar-refractivity contribution in [1.82, 2.24) is 36.4 Å². The number of fused-ring (bicyclic) bond motifs is 3. The van der Waals surface area contributed by atoms with Crippen molar-refractivity contribution in [1.29, 1.82) is 0 Å². The number of thioether (sulfide) groups is 2. The molecule has 17 nitrogen and oxygen atoms in total. The van der Waals surface area contributed by atoms with Gasteiger partial charge >= 0.3 is 0 Å². The van der Waals surface area contributed by atoms with Crippen molar-refractivity contribution in [3.8, 4) is 0 Å². The Bertz CT molecular complexity index is 2840. The summed E-state index contributed by atoms with van der Waals surface area (Å²) in [4.78, 5) is 90.7. The van der Waals surface area contributed by atoms with Crippen LogP contribution in [0.25, 0.3) is 10.8 Å². The Balaban J connectivity index is 0.891. The van der Waals surface area contributed by atoms with Gasteiger partial charge in [0.15, 0.2) is 5.72 Å². The minimum atomic E-state index is -1.87. The van der Waals surface area contributed by atoms with Crippen LogP contribution in [0.1, 0.15) is 101 Å². The third kappa shape index (κ3) is 13.5. The van der Waals surface area contributed by atoms with E-state index in [1.54, 1.807) is 53.5 Å². The molecule has 4 aromatic carbocycles. The van der Waals surface area contributed by atoms with E-state index < -0.39 is 64.6 Å². The highest BCUT2D eigenvalue weighted by Crippen LogP contribution is 2.48. The van der Waals surface area contributed by atoms with Crippen LogP contribution in [0.3, 0.4) is 0 Å². The van der Waals surface area contributed by atoms with E-state index >= 15 is 0 Å². The zero-order chi connectivity index (χ0) is 55.9. The van der Waals surface area contributed by atoms with Gasteiger partial charge in [0.05, 0.1) is 49.3 Å². The number of hydrogen-bond donors (Lipinski definition) is 6. The monoisotopic (exact) mass is 1100 g/mol. The lowest BCUT2D eigenvalue weighted by molar-refractivity contribution is -0.148. The highest BCUT2D eigenvalue weighted by molar-refractivity contribution is 8.00. The first-order chi connectivity index (χ1) is 37.2. The van der Waals surface area contributed by atoms with Gasteiger partial charge in [-0.15, -0.1) is 23.5 Å². The summed E-state index contributed by atoms with van der Waals surface area (Å²) in [5.74, 6) is -1.35. The molecular formula is C59H76N8O9S2. The van der Waals surface area contributed by atoms with Crippen LogP contribution in [0, 0.1) is 10.8 Å². The Hall–Kier alpha value is -5.67. The summed E-state index contributed by atoms with van der Waals surface area (Å²) in [6, 6.07) is 27.4. The maximum absolute atomic E-state index is 14.5. The molecule has 0 aliphatic carbocycles. The first-order valence-corrected chi connectivity index (χ1v) is 29.0. The summed E-state index contributed by atoms with van der Waals surface area (Å²) in [5, 5.41) is 26.5. The van der Waals surface area contributed by atoms with E-state index in [1.807, 2.05) is 113 Å². The van der Waals surface area contributed by atoms with E-state index in [0.29, 0.717) is 43.8 Å². The molecule has 0 saturated carbocycles. The molecule has 4 aliphatic rings. The molecule has 4 aliphatic heterocycles. The molecule has 78 heavy (non-hydrogen) atoms. The number of rotatable bonds is 20. The van der Waals surface area contributed by atoms with E-state index in [0.717, 1.165) is 33.0 Å². The average molecular weight is 1110 g/mol. The maximum Gasteiger partial charge on any atom is 0.268 e. The number of ether oxygens (including phenoxy) is 2. The fourth-order valence-corrected chi connectivity index (χ4v) is 14.1.